The fraction of sp³-hybridized carbons (Fsp3) is 0.0909. The minimum Gasteiger partial charge on any atom is -0.436 e. The molecule has 30 heavy (non-hydrogen) atoms. The Labute approximate surface area is 186 Å². The topological polar surface area (TPSA) is 80.0 Å². The van der Waals surface area contributed by atoms with Gasteiger partial charge in [0.2, 0.25) is 5.89 Å². The lowest BCUT2D eigenvalue weighted by Crippen LogP contribution is -2.34. The summed E-state index contributed by atoms with van der Waals surface area (Å²) in [4.78, 5) is 20.8. The summed E-state index contributed by atoms with van der Waals surface area (Å²) in [6.07, 6.45) is 3.08. The Kier molecular flexibility index (Phi) is 5.61. The van der Waals surface area contributed by atoms with E-state index in [9.17, 15) is 4.79 Å². The Bertz CT molecular complexity index is 1230. The van der Waals surface area contributed by atoms with Gasteiger partial charge in [0.15, 0.2) is 10.7 Å². The maximum atomic E-state index is 12.2. The summed E-state index contributed by atoms with van der Waals surface area (Å²) in [5.74, 6) is 0.217. The molecule has 0 unspecified atom stereocenters. The fourth-order valence-corrected chi connectivity index (χ4v) is 3.45. The largest absolute Gasteiger partial charge is 0.436 e. The second-order valence-electron chi connectivity index (χ2n) is 6.80. The molecule has 0 atom stereocenters. The van der Waals surface area contributed by atoms with E-state index in [1.165, 1.54) is 17.3 Å². The Hall–Kier alpha value is -3.10. The van der Waals surface area contributed by atoms with Crippen molar-refractivity contribution in [1.82, 2.24) is 15.3 Å². The maximum absolute atomic E-state index is 12.2. The van der Waals surface area contributed by atoms with Gasteiger partial charge in [0.1, 0.15) is 5.52 Å². The van der Waals surface area contributed by atoms with Crippen molar-refractivity contribution >= 4 is 56.0 Å². The number of carbonyl (C=O) groups is 1. The van der Waals surface area contributed by atoms with E-state index < -0.39 is 0 Å². The highest BCUT2D eigenvalue weighted by Gasteiger charge is 2.11. The molecule has 0 aliphatic carbocycles. The SMILES string of the molecule is Cc1cc2nc(-c3ccc(NC(=S)NC(=O)c4cncc(Br)c4)cc3)oc2cc1C. The molecule has 4 aromatic rings. The zero-order valence-electron chi connectivity index (χ0n) is 16.2. The number of hydrogen-bond acceptors (Lipinski definition) is 5. The number of rotatable bonds is 3. The number of nitrogens with zero attached hydrogens (tertiary/aromatic N) is 2. The molecule has 0 bridgehead atoms. The highest BCUT2D eigenvalue weighted by molar-refractivity contribution is 9.10. The van der Waals surface area contributed by atoms with Gasteiger partial charge in [-0.05, 0) is 95.6 Å². The number of anilines is 1. The van der Waals surface area contributed by atoms with Crippen LogP contribution in [0.3, 0.4) is 0 Å². The van der Waals surface area contributed by atoms with E-state index in [0.29, 0.717) is 15.9 Å². The Morgan fingerprint density at radius 2 is 1.80 bits per heavy atom. The molecule has 0 fully saturated rings. The number of fused-ring (bicyclic) bond motifs is 1. The number of hydrogen-bond donors (Lipinski definition) is 2. The monoisotopic (exact) mass is 480 g/mol. The Morgan fingerprint density at radius 1 is 1.07 bits per heavy atom. The average molecular weight is 481 g/mol. The first-order valence-corrected chi connectivity index (χ1v) is 10.3. The number of benzene rings is 2. The van der Waals surface area contributed by atoms with Crippen molar-refractivity contribution in [3.63, 3.8) is 0 Å². The van der Waals surface area contributed by atoms with Crippen LogP contribution in [0.15, 0.2) is 63.7 Å². The van der Waals surface area contributed by atoms with E-state index >= 15 is 0 Å². The second-order valence-corrected chi connectivity index (χ2v) is 8.12. The molecule has 0 aliphatic heterocycles. The number of carbonyl (C=O) groups excluding carboxylic acids is 1. The number of amides is 1. The van der Waals surface area contributed by atoms with Gasteiger partial charge in [-0.3, -0.25) is 15.1 Å². The lowest BCUT2D eigenvalue weighted by molar-refractivity contribution is 0.0977. The molecule has 0 saturated heterocycles. The van der Waals surface area contributed by atoms with E-state index in [1.807, 2.05) is 43.3 Å². The van der Waals surface area contributed by atoms with E-state index in [2.05, 4.69) is 43.5 Å². The second kappa shape index (κ2) is 8.33. The van der Waals surface area contributed by atoms with Crippen LogP contribution >= 0.6 is 28.1 Å². The minimum atomic E-state index is -0.338. The minimum absolute atomic E-state index is 0.195. The van der Waals surface area contributed by atoms with Gasteiger partial charge in [-0.15, -0.1) is 0 Å². The number of thiocarbonyl (C=S) groups is 1. The average Bonchev–Trinajstić information content (AvgIpc) is 3.11. The van der Waals surface area contributed by atoms with Crippen LogP contribution in [0.2, 0.25) is 0 Å². The van der Waals surface area contributed by atoms with Crippen molar-refractivity contribution in [3.05, 3.63) is 76.0 Å². The number of halogens is 1. The van der Waals surface area contributed by atoms with Crippen LogP contribution < -0.4 is 10.6 Å². The van der Waals surface area contributed by atoms with Crippen LogP contribution in [0.1, 0.15) is 21.5 Å². The Morgan fingerprint density at radius 3 is 2.53 bits per heavy atom. The first-order chi connectivity index (χ1) is 14.4. The summed E-state index contributed by atoms with van der Waals surface area (Å²) in [7, 11) is 0. The highest BCUT2D eigenvalue weighted by atomic mass is 79.9. The lowest BCUT2D eigenvalue weighted by atomic mass is 10.1. The van der Waals surface area contributed by atoms with Gasteiger partial charge < -0.3 is 9.73 Å². The molecule has 150 valence electrons. The summed E-state index contributed by atoms with van der Waals surface area (Å²) < 4.78 is 6.61. The van der Waals surface area contributed by atoms with Crippen molar-refractivity contribution in [3.8, 4) is 11.5 Å². The summed E-state index contributed by atoms with van der Waals surface area (Å²) in [5, 5.41) is 5.82. The first kappa shape index (κ1) is 20.2. The van der Waals surface area contributed by atoms with Gasteiger partial charge in [0.25, 0.3) is 5.91 Å². The molecule has 8 heteroatoms. The molecule has 4 rings (SSSR count). The number of oxazole rings is 1. The van der Waals surface area contributed by atoms with Crippen LogP contribution in [0.4, 0.5) is 5.69 Å². The number of aryl methyl sites for hydroxylation is 2. The summed E-state index contributed by atoms with van der Waals surface area (Å²) >= 11 is 8.52. The predicted molar refractivity (Wildman–Crippen MR) is 125 cm³/mol. The number of pyridine rings is 1. The molecular weight excluding hydrogens is 464 g/mol. The quantitative estimate of drug-likeness (QED) is 0.382. The molecule has 2 aromatic heterocycles. The number of nitrogens with one attached hydrogen (secondary N) is 2. The predicted octanol–water partition coefficient (Wildman–Crippen LogP) is 5.40. The molecule has 0 spiro atoms. The van der Waals surface area contributed by atoms with Crippen molar-refractivity contribution in [2.45, 2.75) is 13.8 Å². The smallest absolute Gasteiger partial charge is 0.259 e. The molecule has 0 saturated carbocycles. The van der Waals surface area contributed by atoms with Crippen molar-refractivity contribution < 1.29 is 9.21 Å². The Balaban J connectivity index is 1.44. The van der Waals surface area contributed by atoms with Gasteiger partial charge in [-0.1, -0.05) is 0 Å². The third kappa shape index (κ3) is 4.39. The van der Waals surface area contributed by atoms with E-state index in [-0.39, 0.29) is 11.0 Å². The van der Waals surface area contributed by atoms with Crippen molar-refractivity contribution in [2.24, 2.45) is 0 Å². The number of aromatic nitrogens is 2. The van der Waals surface area contributed by atoms with Crippen LogP contribution in [0, 0.1) is 13.8 Å². The zero-order valence-corrected chi connectivity index (χ0v) is 18.6. The van der Waals surface area contributed by atoms with Gasteiger partial charge in [0.05, 0.1) is 5.56 Å². The van der Waals surface area contributed by atoms with E-state index in [4.69, 9.17) is 16.6 Å². The van der Waals surface area contributed by atoms with Gasteiger partial charge in [-0.25, -0.2) is 4.98 Å². The lowest BCUT2D eigenvalue weighted by Gasteiger charge is -2.10. The molecule has 2 N–H and O–H groups in total. The first-order valence-electron chi connectivity index (χ1n) is 9.10. The van der Waals surface area contributed by atoms with Crippen LogP contribution in [-0.4, -0.2) is 21.0 Å². The third-order valence-corrected chi connectivity index (χ3v) is 5.23. The molecule has 0 aliphatic rings. The highest BCUT2D eigenvalue weighted by Crippen LogP contribution is 2.27. The van der Waals surface area contributed by atoms with E-state index in [1.54, 1.807) is 12.3 Å². The third-order valence-electron chi connectivity index (χ3n) is 4.59. The van der Waals surface area contributed by atoms with Gasteiger partial charge >= 0.3 is 0 Å². The van der Waals surface area contributed by atoms with Crippen LogP contribution in [-0.2, 0) is 0 Å². The molecule has 2 heterocycles. The summed E-state index contributed by atoms with van der Waals surface area (Å²) in [5.41, 5.74) is 5.93. The summed E-state index contributed by atoms with van der Waals surface area (Å²) in [6, 6.07) is 13.2. The molecule has 1 amide bonds. The van der Waals surface area contributed by atoms with Gasteiger partial charge in [0, 0.05) is 28.1 Å². The zero-order chi connectivity index (χ0) is 21.3. The fourth-order valence-electron chi connectivity index (χ4n) is 2.87. The molecule has 6 nitrogen and oxygen atoms in total. The molecular formula is C22H17BrN4O2S. The van der Waals surface area contributed by atoms with E-state index in [0.717, 1.165) is 22.4 Å². The van der Waals surface area contributed by atoms with Crippen LogP contribution in [0.25, 0.3) is 22.6 Å². The van der Waals surface area contributed by atoms with Crippen molar-refractivity contribution in [2.75, 3.05) is 5.32 Å². The van der Waals surface area contributed by atoms with Crippen LogP contribution in [0.5, 0.6) is 0 Å². The normalized spacial score (nSPS) is 10.8. The molecule has 0 radical (unpaired) electrons. The van der Waals surface area contributed by atoms with Crippen molar-refractivity contribution in [1.29, 1.82) is 0 Å². The maximum Gasteiger partial charge on any atom is 0.259 e. The standard InChI is InChI=1S/C22H17BrN4O2S/c1-12-7-18-19(8-13(12)2)29-21(26-18)14-3-5-17(6-4-14)25-22(30)27-20(28)15-9-16(23)11-24-10-15/h3-11H,1-2H3,(H2,25,27,28,30). The summed E-state index contributed by atoms with van der Waals surface area (Å²) in [6.45, 7) is 4.10. The molecule has 2 aromatic carbocycles. The van der Waals surface area contributed by atoms with Gasteiger partial charge in [-0.2, -0.15) is 0 Å².